The number of H-pyrrole nitrogens is 1. The van der Waals surface area contributed by atoms with Gasteiger partial charge in [0.15, 0.2) is 5.75 Å². The number of fused-ring (bicyclic) bond motifs is 1. The largest absolute Gasteiger partial charge is 0.483 e. The summed E-state index contributed by atoms with van der Waals surface area (Å²) in [4.78, 5) is 36.7. The molecule has 14 nitrogen and oxygen atoms in total. The van der Waals surface area contributed by atoms with Crippen LogP contribution in [-0.4, -0.2) is 92.3 Å². The van der Waals surface area contributed by atoms with E-state index in [9.17, 15) is 23.3 Å². The number of aromatic nitrogens is 2. The maximum Gasteiger partial charge on any atom is 0.312 e. The number of nitro benzene ring substituents is 1. The monoisotopic (exact) mass is 858 g/mol. The second-order valence-electron chi connectivity index (χ2n) is 17.1. The molecule has 16 heteroatoms. The van der Waals surface area contributed by atoms with Crippen molar-refractivity contribution in [3.05, 3.63) is 99.9 Å². The Balaban J connectivity index is 1.09. The quantitative estimate of drug-likeness (QED) is 0.0817. The van der Waals surface area contributed by atoms with Crippen LogP contribution in [0, 0.1) is 15.5 Å². The number of piperazine rings is 1. The van der Waals surface area contributed by atoms with Gasteiger partial charge in [0.25, 0.3) is 15.9 Å². The number of anilines is 1. The van der Waals surface area contributed by atoms with Crippen molar-refractivity contribution in [1.29, 1.82) is 0 Å². The zero-order chi connectivity index (χ0) is 43.4. The Morgan fingerprint density at radius 2 is 1.84 bits per heavy atom. The van der Waals surface area contributed by atoms with Gasteiger partial charge in [0.1, 0.15) is 29.4 Å². The minimum Gasteiger partial charge on any atom is -0.483 e. The maximum atomic E-state index is 15.2. The number of benzene rings is 2. The van der Waals surface area contributed by atoms with Crippen molar-refractivity contribution < 1.29 is 36.7 Å². The van der Waals surface area contributed by atoms with Gasteiger partial charge < -0.3 is 24.1 Å². The lowest BCUT2D eigenvalue weighted by Crippen LogP contribution is -2.47. The highest BCUT2D eigenvalue weighted by atomic mass is 32.2. The van der Waals surface area contributed by atoms with E-state index in [1.807, 2.05) is 6.07 Å². The number of allylic oxidation sites excluding steroid dienone is 2. The van der Waals surface area contributed by atoms with Gasteiger partial charge in [-0.15, -0.1) is 0 Å². The van der Waals surface area contributed by atoms with E-state index in [1.54, 1.807) is 24.4 Å². The topological polar surface area (TPSA) is 169 Å². The first kappa shape index (κ1) is 43.8. The normalized spacial score (nSPS) is 18.2. The van der Waals surface area contributed by atoms with Crippen LogP contribution in [0.1, 0.15) is 82.5 Å². The van der Waals surface area contributed by atoms with Gasteiger partial charge in [-0.1, -0.05) is 44.9 Å². The fraction of sp³-hybridized carbons (Fsp3) is 0.467. The summed E-state index contributed by atoms with van der Waals surface area (Å²) in [5.74, 6) is -0.887. The Morgan fingerprint density at radius 3 is 2.57 bits per heavy atom. The summed E-state index contributed by atoms with van der Waals surface area (Å²) in [6.07, 6.45) is 9.98. The van der Waals surface area contributed by atoms with Crippen molar-refractivity contribution in [1.82, 2.24) is 19.6 Å². The summed E-state index contributed by atoms with van der Waals surface area (Å²) in [5.41, 5.74) is 3.42. The van der Waals surface area contributed by atoms with E-state index in [-0.39, 0.29) is 48.5 Å². The van der Waals surface area contributed by atoms with Gasteiger partial charge in [0.05, 0.1) is 21.6 Å². The molecule has 4 aromatic rings. The Kier molecular flexibility index (Phi) is 13.2. The van der Waals surface area contributed by atoms with Crippen LogP contribution in [0.4, 0.5) is 15.8 Å². The first-order chi connectivity index (χ1) is 29.1. The maximum absolute atomic E-state index is 15.2. The van der Waals surface area contributed by atoms with Crippen molar-refractivity contribution in [3.8, 4) is 17.2 Å². The summed E-state index contributed by atoms with van der Waals surface area (Å²) in [5, 5.41) is 12.8. The molecule has 0 spiro atoms. The molecule has 2 fully saturated rings. The molecule has 0 bridgehead atoms. The number of hydrogen-bond acceptors (Lipinski definition) is 11. The molecule has 0 unspecified atom stereocenters. The molecule has 4 heterocycles. The molecule has 1 amide bonds. The van der Waals surface area contributed by atoms with E-state index in [0.717, 1.165) is 101 Å². The number of carbonyl (C=O) groups is 1. The van der Waals surface area contributed by atoms with E-state index in [0.29, 0.717) is 11.4 Å². The van der Waals surface area contributed by atoms with Gasteiger partial charge in [0.2, 0.25) is 0 Å². The summed E-state index contributed by atoms with van der Waals surface area (Å²) in [7, 11) is -4.66. The van der Waals surface area contributed by atoms with E-state index < -0.39 is 43.7 Å². The molecule has 2 N–H and O–H groups in total. The zero-order valence-corrected chi connectivity index (χ0v) is 36.0. The van der Waals surface area contributed by atoms with Crippen LogP contribution < -0.4 is 19.1 Å². The molecule has 1 aliphatic carbocycles. The molecular formula is C45H55FN6O8S. The van der Waals surface area contributed by atoms with E-state index >= 15 is 4.39 Å². The number of sulfonamides is 1. The number of nitrogens with zero attached hydrogens (tertiary/aromatic N) is 4. The number of unbranched alkanes of at least 4 members (excludes halogenated alkanes) is 1. The number of ether oxygens (including phenoxy) is 3. The lowest BCUT2D eigenvalue weighted by molar-refractivity contribution is -0.386. The van der Waals surface area contributed by atoms with Gasteiger partial charge in [-0.3, -0.25) is 19.8 Å². The number of carbonyl (C=O) groups excluding carboxylic acids is 1. The number of rotatable bonds is 16. The van der Waals surface area contributed by atoms with Crippen molar-refractivity contribution in [2.45, 2.75) is 82.7 Å². The third kappa shape index (κ3) is 10.6. The second kappa shape index (κ2) is 18.3. The van der Waals surface area contributed by atoms with Gasteiger partial charge >= 0.3 is 5.69 Å². The highest BCUT2D eigenvalue weighted by Gasteiger charge is 2.35. The highest BCUT2D eigenvalue weighted by molar-refractivity contribution is 7.90. The number of aromatic amines is 1. The van der Waals surface area contributed by atoms with Gasteiger partial charge in [-0.2, -0.15) is 0 Å². The summed E-state index contributed by atoms with van der Waals surface area (Å²) >= 11 is 0. The molecule has 61 heavy (non-hydrogen) atoms. The van der Waals surface area contributed by atoms with Gasteiger partial charge in [0, 0.05) is 88.2 Å². The van der Waals surface area contributed by atoms with E-state index in [1.165, 1.54) is 29.0 Å². The minimum atomic E-state index is -4.66. The molecule has 0 atom stereocenters. The van der Waals surface area contributed by atoms with Crippen LogP contribution in [-0.2, 0) is 14.8 Å². The third-order valence-electron chi connectivity index (χ3n) is 11.9. The minimum absolute atomic E-state index is 0.0638. The summed E-state index contributed by atoms with van der Waals surface area (Å²) in [6, 6.07) is 11.5. The van der Waals surface area contributed by atoms with Crippen LogP contribution in [0.3, 0.4) is 0 Å². The molecule has 2 aromatic carbocycles. The number of halogens is 1. The average molecular weight is 859 g/mol. The van der Waals surface area contributed by atoms with Crippen LogP contribution in [0.25, 0.3) is 11.0 Å². The predicted molar refractivity (Wildman–Crippen MR) is 232 cm³/mol. The number of hydrogen-bond donors (Lipinski definition) is 2. The highest BCUT2D eigenvalue weighted by Crippen LogP contribution is 2.42. The standard InChI is InChI=1S/C45H55FN6O8S/c1-5-6-7-31(2)38-27-44(3,4)14-12-33(38)29-50-18-20-51(21-19-50)34-8-10-37(41(25-34)60-35-24-32-13-17-47-42(32)48-28-35)43(53)49-61(56,57)36-9-11-40(39(26-36)52(54)55)59-30-45(46)15-22-58-23-16-45/h8-11,13,17,24-26,28H,2,5-7,12,14-16,18-23,27,29-30H2,1,3-4H3,(H,47,48)(H,49,53). The number of pyridine rings is 1. The molecule has 2 aliphatic heterocycles. The van der Waals surface area contributed by atoms with Crippen molar-refractivity contribution >= 4 is 38.3 Å². The molecule has 3 aliphatic rings. The number of alkyl halides is 1. The van der Waals surface area contributed by atoms with E-state index in [2.05, 4.69) is 51.8 Å². The molecule has 0 saturated carbocycles. The lowest BCUT2D eigenvalue weighted by atomic mass is 9.72. The number of nitro groups is 1. The summed E-state index contributed by atoms with van der Waals surface area (Å²) < 4.78 is 61.4. The Bertz CT molecular complexity index is 2420. The zero-order valence-electron chi connectivity index (χ0n) is 35.1. The first-order valence-corrected chi connectivity index (χ1v) is 22.5. The van der Waals surface area contributed by atoms with Crippen LogP contribution in [0.15, 0.2) is 89.1 Å². The smallest absolute Gasteiger partial charge is 0.312 e. The fourth-order valence-corrected chi connectivity index (χ4v) is 9.18. The first-order valence-electron chi connectivity index (χ1n) is 21.0. The SMILES string of the molecule is C=C(CCCC)C1=C(CN2CCN(c3ccc(C(=O)NS(=O)(=O)c4ccc(OCC5(F)CCOCC5)c([N+](=O)[O-])c4)c(Oc4cnc5[nH]ccc5c4)c3)CC2)CCC(C)(C)C1. The molecular weight excluding hydrogens is 804 g/mol. The predicted octanol–water partition coefficient (Wildman–Crippen LogP) is 8.65. The Hall–Kier alpha value is -5.32. The fourth-order valence-electron chi connectivity index (χ4n) is 8.19. The van der Waals surface area contributed by atoms with Crippen LogP contribution in [0.5, 0.6) is 17.2 Å². The second-order valence-corrected chi connectivity index (χ2v) is 18.8. The van der Waals surface area contributed by atoms with Crippen LogP contribution in [0.2, 0.25) is 0 Å². The van der Waals surface area contributed by atoms with Crippen molar-refractivity contribution in [3.63, 3.8) is 0 Å². The number of amides is 1. The van der Waals surface area contributed by atoms with Crippen molar-refractivity contribution in [2.75, 3.05) is 57.4 Å². The summed E-state index contributed by atoms with van der Waals surface area (Å²) in [6.45, 7) is 15.3. The third-order valence-corrected chi connectivity index (χ3v) is 13.3. The van der Waals surface area contributed by atoms with Crippen molar-refractivity contribution in [2.24, 2.45) is 5.41 Å². The van der Waals surface area contributed by atoms with E-state index in [4.69, 9.17) is 14.2 Å². The van der Waals surface area contributed by atoms with Crippen LogP contribution >= 0.6 is 0 Å². The molecule has 326 valence electrons. The molecule has 2 saturated heterocycles. The molecule has 0 radical (unpaired) electrons. The molecule has 2 aromatic heterocycles. The van der Waals surface area contributed by atoms with Gasteiger partial charge in [-0.05, 0) is 79.5 Å². The van der Waals surface area contributed by atoms with Gasteiger partial charge in [-0.25, -0.2) is 22.5 Å². The number of nitrogens with one attached hydrogen (secondary N) is 2. The average Bonchev–Trinajstić information content (AvgIpc) is 3.71. The Morgan fingerprint density at radius 1 is 1.07 bits per heavy atom. The Labute approximate surface area is 356 Å². The lowest BCUT2D eigenvalue weighted by Gasteiger charge is -2.39. The molecule has 7 rings (SSSR count).